The molecule has 0 amide bonds. The molecule has 0 aliphatic rings. The first-order chi connectivity index (χ1) is 17.7. The first-order valence-electron chi connectivity index (χ1n) is 13.6. The van der Waals surface area contributed by atoms with Crippen molar-refractivity contribution in [2.75, 3.05) is 0 Å². The number of benzene rings is 4. The lowest BCUT2D eigenvalue weighted by molar-refractivity contribution is 0.636. The van der Waals surface area contributed by atoms with Gasteiger partial charge in [-0.25, -0.2) is 4.39 Å². The maximum absolute atomic E-state index is 15.2. The summed E-state index contributed by atoms with van der Waals surface area (Å²) in [5.41, 5.74) is 6.70. The molecule has 0 fully saturated rings. The number of aryl methyl sites for hydroxylation is 4. The van der Waals surface area contributed by atoms with Gasteiger partial charge >= 0.3 is 0 Å². The van der Waals surface area contributed by atoms with Crippen LogP contribution in [-0.2, 0) is 25.7 Å². The van der Waals surface area contributed by atoms with Crippen molar-refractivity contribution in [1.29, 1.82) is 0 Å². The third-order valence-corrected chi connectivity index (χ3v) is 6.93. The fourth-order valence-corrected chi connectivity index (χ4v) is 4.61. The Balaban J connectivity index is 1.40. The highest BCUT2D eigenvalue weighted by molar-refractivity contribution is 5.85. The molecule has 0 unspecified atom stereocenters. The minimum atomic E-state index is -0.232. The summed E-state index contributed by atoms with van der Waals surface area (Å²) in [4.78, 5) is 0. The van der Waals surface area contributed by atoms with Crippen molar-refractivity contribution in [1.82, 2.24) is 0 Å². The van der Waals surface area contributed by atoms with E-state index in [2.05, 4.69) is 74.2 Å². The van der Waals surface area contributed by atoms with E-state index in [4.69, 9.17) is 0 Å². The molecule has 184 valence electrons. The van der Waals surface area contributed by atoms with Crippen LogP contribution in [0.2, 0.25) is 0 Å². The van der Waals surface area contributed by atoms with Crippen LogP contribution in [0.4, 0.5) is 4.39 Å². The lowest BCUT2D eigenvalue weighted by atomic mass is 9.98. The Bertz CT molecular complexity index is 1320. The molecule has 0 saturated carbocycles. The summed E-state index contributed by atoms with van der Waals surface area (Å²) in [6.07, 6.45) is 10.4. The zero-order valence-electron chi connectivity index (χ0n) is 21.7. The Morgan fingerprint density at radius 1 is 0.556 bits per heavy atom. The lowest BCUT2D eigenvalue weighted by Crippen LogP contribution is -1.94. The number of halogens is 1. The fraction of sp³-hybridized carbons (Fsp3) is 0.314. The first kappa shape index (κ1) is 25.7. The second-order valence-corrected chi connectivity index (χ2v) is 9.81. The number of hydrogen-bond donors (Lipinski definition) is 0. The Morgan fingerprint density at radius 2 is 1.14 bits per heavy atom. The average Bonchev–Trinajstić information content (AvgIpc) is 2.92. The van der Waals surface area contributed by atoms with Crippen molar-refractivity contribution in [3.63, 3.8) is 0 Å². The highest BCUT2D eigenvalue weighted by Crippen LogP contribution is 2.23. The summed E-state index contributed by atoms with van der Waals surface area (Å²) in [5, 5.41) is 1.57. The van der Waals surface area contributed by atoms with Gasteiger partial charge in [-0.3, -0.25) is 0 Å². The molecular weight excluding hydrogens is 439 g/mol. The van der Waals surface area contributed by atoms with Crippen molar-refractivity contribution in [3.05, 3.63) is 118 Å². The molecule has 0 bridgehead atoms. The van der Waals surface area contributed by atoms with Crippen LogP contribution < -0.4 is 0 Å². The Kier molecular flexibility index (Phi) is 9.34. The van der Waals surface area contributed by atoms with E-state index in [9.17, 15) is 0 Å². The van der Waals surface area contributed by atoms with Gasteiger partial charge in [-0.05, 0) is 84.4 Å². The molecule has 0 saturated heterocycles. The molecule has 4 aromatic rings. The molecule has 1 heteroatoms. The largest absolute Gasteiger partial charge is 0.205 e. The minimum absolute atomic E-state index is 0.232. The van der Waals surface area contributed by atoms with Gasteiger partial charge < -0.3 is 0 Å². The van der Waals surface area contributed by atoms with E-state index in [0.29, 0.717) is 10.9 Å². The molecule has 4 rings (SSSR count). The first-order valence-corrected chi connectivity index (χ1v) is 13.6. The van der Waals surface area contributed by atoms with Gasteiger partial charge in [-0.1, -0.05) is 106 Å². The quantitative estimate of drug-likeness (QED) is 0.158. The molecular formula is C35H37F. The predicted octanol–water partition coefficient (Wildman–Crippen LogP) is 9.24. The maximum atomic E-state index is 15.2. The number of unbranched alkanes of at least 4 members (excludes halogenated alkanes) is 3. The SMILES string of the molecule is CCCCCc1ccc(CCc2ccc3c(F)c(C#Cc4ccc(CCCC)cc4)ccc3c2)cc1. The molecule has 0 N–H and O–H groups in total. The van der Waals surface area contributed by atoms with Gasteiger partial charge in [0.15, 0.2) is 0 Å². The molecule has 0 spiro atoms. The van der Waals surface area contributed by atoms with Crippen LogP contribution >= 0.6 is 0 Å². The standard InChI is InChI=1S/C35H37F/c1-3-5-7-9-28-12-14-29(15-13-28)18-19-31-21-25-34-33(26-31)24-23-32(35(34)36)22-20-30-16-10-27(11-17-30)8-6-4-2/h10-17,21,23-26H,3-9,18-19H2,1-2H3. The Morgan fingerprint density at radius 3 is 1.83 bits per heavy atom. The molecule has 0 aliphatic heterocycles. The van der Waals surface area contributed by atoms with Crippen LogP contribution in [0.15, 0.2) is 78.9 Å². The molecule has 0 aromatic heterocycles. The third kappa shape index (κ3) is 7.08. The monoisotopic (exact) mass is 476 g/mol. The number of rotatable bonds is 10. The van der Waals surface area contributed by atoms with Gasteiger partial charge in [0.25, 0.3) is 0 Å². The van der Waals surface area contributed by atoms with Crippen molar-refractivity contribution >= 4 is 10.8 Å². The van der Waals surface area contributed by atoms with Crippen LogP contribution in [0.3, 0.4) is 0 Å². The molecule has 0 atom stereocenters. The van der Waals surface area contributed by atoms with Gasteiger partial charge in [0.1, 0.15) is 5.82 Å². The van der Waals surface area contributed by atoms with E-state index in [1.165, 1.54) is 60.8 Å². The van der Waals surface area contributed by atoms with E-state index in [0.717, 1.165) is 30.2 Å². The van der Waals surface area contributed by atoms with Crippen LogP contribution in [-0.4, -0.2) is 0 Å². The average molecular weight is 477 g/mol. The second-order valence-electron chi connectivity index (χ2n) is 9.81. The second kappa shape index (κ2) is 13.1. The lowest BCUT2D eigenvalue weighted by Gasteiger charge is -2.07. The smallest absolute Gasteiger partial charge is 0.146 e. The number of hydrogen-bond acceptors (Lipinski definition) is 0. The predicted molar refractivity (Wildman–Crippen MR) is 152 cm³/mol. The summed E-state index contributed by atoms with van der Waals surface area (Å²) >= 11 is 0. The van der Waals surface area contributed by atoms with E-state index in [1.807, 2.05) is 24.3 Å². The van der Waals surface area contributed by atoms with Crippen LogP contribution in [0.1, 0.15) is 79.3 Å². The molecule has 0 nitrogen and oxygen atoms in total. The normalized spacial score (nSPS) is 10.9. The fourth-order valence-electron chi connectivity index (χ4n) is 4.61. The molecule has 0 heterocycles. The van der Waals surface area contributed by atoms with Crippen molar-refractivity contribution < 1.29 is 4.39 Å². The van der Waals surface area contributed by atoms with E-state index >= 15 is 4.39 Å². The van der Waals surface area contributed by atoms with Gasteiger partial charge in [0.2, 0.25) is 0 Å². The van der Waals surface area contributed by atoms with E-state index in [1.54, 1.807) is 6.07 Å². The van der Waals surface area contributed by atoms with Crippen molar-refractivity contribution in [2.24, 2.45) is 0 Å². The zero-order valence-corrected chi connectivity index (χ0v) is 21.7. The van der Waals surface area contributed by atoms with E-state index in [-0.39, 0.29) is 5.82 Å². The topological polar surface area (TPSA) is 0 Å². The van der Waals surface area contributed by atoms with Gasteiger partial charge in [-0.2, -0.15) is 0 Å². The van der Waals surface area contributed by atoms with Gasteiger partial charge in [0.05, 0.1) is 5.56 Å². The summed E-state index contributed by atoms with van der Waals surface area (Å²) in [7, 11) is 0. The molecule has 0 aliphatic carbocycles. The summed E-state index contributed by atoms with van der Waals surface area (Å²) in [6, 6.07) is 27.2. The van der Waals surface area contributed by atoms with Gasteiger partial charge in [0, 0.05) is 10.9 Å². The summed E-state index contributed by atoms with van der Waals surface area (Å²) in [6.45, 7) is 4.44. The van der Waals surface area contributed by atoms with Crippen LogP contribution in [0, 0.1) is 17.7 Å². The van der Waals surface area contributed by atoms with Crippen LogP contribution in [0.25, 0.3) is 10.8 Å². The highest BCUT2D eigenvalue weighted by atomic mass is 19.1. The Hall–Kier alpha value is -3.37. The minimum Gasteiger partial charge on any atom is -0.205 e. The zero-order chi connectivity index (χ0) is 25.2. The van der Waals surface area contributed by atoms with Crippen LogP contribution in [0.5, 0.6) is 0 Å². The summed E-state index contributed by atoms with van der Waals surface area (Å²) < 4.78 is 15.2. The maximum Gasteiger partial charge on any atom is 0.146 e. The molecule has 4 aromatic carbocycles. The number of fused-ring (bicyclic) bond motifs is 1. The van der Waals surface area contributed by atoms with Crippen molar-refractivity contribution in [3.8, 4) is 11.8 Å². The highest BCUT2D eigenvalue weighted by Gasteiger charge is 2.07. The van der Waals surface area contributed by atoms with Gasteiger partial charge in [-0.15, -0.1) is 0 Å². The Labute approximate surface area is 216 Å². The summed E-state index contributed by atoms with van der Waals surface area (Å²) in [5.74, 6) is 5.94. The third-order valence-electron chi connectivity index (χ3n) is 6.93. The molecule has 36 heavy (non-hydrogen) atoms. The van der Waals surface area contributed by atoms with Crippen molar-refractivity contribution in [2.45, 2.75) is 71.6 Å². The molecule has 0 radical (unpaired) electrons. The van der Waals surface area contributed by atoms with E-state index < -0.39 is 0 Å².